The number of thiazole rings is 1. The molecule has 0 saturated carbocycles. The van der Waals surface area contributed by atoms with Crippen molar-refractivity contribution >= 4 is 68.0 Å². The van der Waals surface area contributed by atoms with E-state index in [2.05, 4.69) is 36.0 Å². The number of fused-ring (bicyclic) bond motifs is 1. The maximum atomic E-state index is 12.1. The highest BCUT2D eigenvalue weighted by Gasteiger charge is 2.24. The lowest BCUT2D eigenvalue weighted by Crippen LogP contribution is -2.19. The second-order valence-electron chi connectivity index (χ2n) is 5.24. The van der Waals surface area contributed by atoms with Crippen molar-refractivity contribution < 1.29 is 9.59 Å². The average Bonchev–Trinajstić information content (AvgIpc) is 3.29. The van der Waals surface area contributed by atoms with Gasteiger partial charge in [-0.1, -0.05) is 16.6 Å². The zero-order chi connectivity index (χ0) is 18.1. The van der Waals surface area contributed by atoms with Gasteiger partial charge in [0.1, 0.15) is 5.52 Å². The van der Waals surface area contributed by atoms with Crippen LogP contribution >= 0.6 is 23.1 Å². The molecule has 4 rings (SSSR count). The van der Waals surface area contributed by atoms with E-state index >= 15 is 0 Å². The van der Waals surface area contributed by atoms with E-state index in [1.165, 1.54) is 30.0 Å². The lowest BCUT2D eigenvalue weighted by atomic mass is 10.3. The Morgan fingerprint density at radius 3 is 3.12 bits per heavy atom. The molecule has 1 saturated heterocycles. The Morgan fingerprint density at radius 1 is 1.38 bits per heavy atom. The van der Waals surface area contributed by atoms with Crippen molar-refractivity contribution in [3.63, 3.8) is 0 Å². The van der Waals surface area contributed by atoms with Crippen LogP contribution in [0, 0.1) is 0 Å². The number of hydrogen-bond acceptors (Lipinski definition) is 8. The van der Waals surface area contributed by atoms with E-state index in [1.54, 1.807) is 18.3 Å². The zero-order valence-corrected chi connectivity index (χ0v) is 14.9. The molecule has 11 heteroatoms. The van der Waals surface area contributed by atoms with Crippen LogP contribution < -0.4 is 10.6 Å². The summed E-state index contributed by atoms with van der Waals surface area (Å²) in [5, 5.41) is 16.8. The molecular weight excluding hydrogens is 374 g/mol. The lowest BCUT2D eigenvalue weighted by Gasteiger charge is -1.95. The molecule has 0 atom stereocenters. The largest absolute Gasteiger partial charge is 0.302 e. The van der Waals surface area contributed by atoms with E-state index in [1.807, 2.05) is 12.1 Å². The van der Waals surface area contributed by atoms with Gasteiger partial charge in [-0.2, -0.15) is 0 Å². The first-order valence-electron chi connectivity index (χ1n) is 7.41. The van der Waals surface area contributed by atoms with Gasteiger partial charge in [0.05, 0.1) is 21.0 Å². The molecule has 1 aromatic carbocycles. The molecule has 1 fully saturated rings. The molecular formula is C15H11N7O2S2. The maximum absolute atomic E-state index is 12.1. The third kappa shape index (κ3) is 3.48. The second-order valence-corrected chi connectivity index (χ2v) is 7.34. The van der Waals surface area contributed by atoms with Crippen LogP contribution in [-0.2, 0) is 9.59 Å². The summed E-state index contributed by atoms with van der Waals surface area (Å²) in [4.78, 5) is 33.0. The fraction of sp³-hybridized carbons (Fsp3) is 0.0667. The molecule has 2 aromatic heterocycles. The van der Waals surface area contributed by atoms with Crippen LogP contribution in [0.5, 0.6) is 0 Å². The summed E-state index contributed by atoms with van der Waals surface area (Å²) in [5.41, 5.74) is 2.19. The number of amidine groups is 1. The number of thioether (sulfide) groups is 1. The SMILES string of the molecule is CC(=O)Nc1ncc(/C=C2\SC(=Nc3ccc4[nH]nnc4c3)NC2=O)s1. The zero-order valence-electron chi connectivity index (χ0n) is 13.3. The van der Waals surface area contributed by atoms with Gasteiger partial charge in [-0.15, -0.1) is 5.10 Å². The summed E-state index contributed by atoms with van der Waals surface area (Å²) in [6.45, 7) is 1.42. The third-order valence-electron chi connectivity index (χ3n) is 3.27. The first-order chi connectivity index (χ1) is 12.6. The number of aromatic nitrogens is 4. The Labute approximate surface area is 155 Å². The van der Waals surface area contributed by atoms with Gasteiger partial charge in [-0.25, -0.2) is 9.98 Å². The molecule has 1 aliphatic rings. The molecule has 0 spiro atoms. The summed E-state index contributed by atoms with van der Waals surface area (Å²) < 4.78 is 0. The number of carbonyl (C=O) groups excluding carboxylic acids is 2. The molecule has 0 radical (unpaired) electrons. The molecule has 1 aliphatic heterocycles. The minimum atomic E-state index is -0.231. The summed E-state index contributed by atoms with van der Waals surface area (Å²) in [6, 6.07) is 5.42. The van der Waals surface area contributed by atoms with E-state index in [9.17, 15) is 9.59 Å². The van der Waals surface area contributed by atoms with Crippen LogP contribution in [0.3, 0.4) is 0 Å². The molecule has 3 N–H and O–H groups in total. The van der Waals surface area contributed by atoms with Crippen molar-refractivity contribution in [1.29, 1.82) is 0 Å². The predicted octanol–water partition coefficient (Wildman–Crippen LogP) is 2.26. The van der Waals surface area contributed by atoms with Gasteiger partial charge in [0, 0.05) is 13.1 Å². The molecule has 2 amide bonds. The highest BCUT2D eigenvalue weighted by molar-refractivity contribution is 8.18. The van der Waals surface area contributed by atoms with Crippen LogP contribution in [0.1, 0.15) is 11.8 Å². The second kappa shape index (κ2) is 6.69. The molecule has 0 bridgehead atoms. The first kappa shape index (κ1) is 16.4. The van der Waals surface area contributed by atoms with E-state index < -0.39 is 0 Å². The molecule has 3 heterocycles. The number of nitrogens with one attached hydrogen (secondary N) is 3. The van der Waals surface area contributed by atoms with E-state index in [0.717, 1.165) is 10.4 Å². The first-order valence-corrected chi connectivity index (χ1v) is 9.04. The van der Waals surface area contributed by atoms with Crippen LogP contribution in [0.2, 0.25) is 0 Å². The van der Waals surface area contributed by atoms with Crippen molar-refractivity contribution in [3.8, 4) is 0 Å². The Morgan fingerprint density at radius 2 is 2.27 bits per heavy atom. The predicted molar refractivity (Wildman–Crippen MR) is 101 cm³/mol. The Hall–Kier alpha value is -3.05. The quantitative estimate of drug-likeness (QED) is 0.594. The van der Waals surface area contributed by atoms with Gasteiger partial charge in [0.25, 0.3) is 5.91 Å². The van der Waals surface area contributed by atoms with Crippen LogP contribution in [0.4, 0.5) is 10.8 Å². The minimum absolute atomic E-state index is 0.190. The Balaban J connectivity index is 1.54. The standard InChI is InChI=1S/C15H11N7O2S2/c1-7(23)17-14-16-6-9(25-14)5-12-13(24)19-15(26-12)18-8-2-3-10-11(4-8)21-22-20-10/h2-6H,1H3,(H,16,17,23)(H,18,19,24)(H,20,21,22)/b12-5-. The summed E-state index contributed by atoms with van der Waals surface area (Å²) in [5.74, 6) is -0.421. The van der Waals surface area contributed by atoms with Crippen molar-refractivity contribution in [2.24, 2.45) is 4.99 Å². The number of carbonyl (C=O) groups is 2. The number of H-pyrrole nitrogens is 1. The smallest absolute Gasteiger partial charge is 0.264 e. The number of anilines is 1. The molecule has 3 aromatic rings. The van der Waals surface area contributed by atoms with Crippen LogP contribution in [-0.4, -0.2) is 37.4 Å². The normalized spacial score (nSPS) is 17.2. The number of benzene rings is 1. The highest BCUT2D eigenvalue weighted by Crippen LogP contribution is 2.30. The van der Waals surface area contributed by atoms with Gasteiger partial charge in [0.15, 0.2) is 10.3 Å². The monoisotopic (exact) mass is 385 g/mol. The number of hydrogen-bond donors (Lipinski definition) is 3. The van der Waals surface area contributed by atoms with E-state index in [4.69, 9.17) is 0 Å². The van der Waals surface area contributed by atoms with Crippen LogP contribution in [0.15, 0.2) is 34.3 Å². The Bertz CT molecular complexity index is 1080. The lowest BCUT2D eigenvalue weighted by molar-refractivity contribution is -0.115. The number of aliphatic imine (C=N–C) groups is 1. The fourth-order valence-electron chi connectivity index (χ4n) is 2.19. The van der Waals surface area contributed by atoms with E-state index in [-0.39, 0.29) is 11.8 Å². The van der Waals surface area contributed by atoms with Crippen molar-refractivity contribution in [2.45, 2.75) is 6.92 Å². The summed E-state index contributed by atoms with van der Waals surface area (Å²) in [6.07, 6.45) is 3.32. The number of rotatable bonds is 3. The van der Waals surface area contributed by atoms with Crippen molar-refractivity contribution in [3.05, 3.63) is 34.2 Å². The molecule has 9 nitrogen and oxygen atoms in total. The molecule has 0 aliphatic carbocycles. The minimum Gasteiger partial charge on any atom is -0.302 e. The van der Waals surface area contributed by atoms with Crippen molar-refractivity contribution in [1.82, 2.24) is 25.7 Å². The molecule has 130 valence electrons. The fourth-order valence-corrected chi connectivity index (χ4v) is 3.90. The highest BCUT2D eigenvalue weighted by atomic mass is 32.2. The maximum Gasteiger partial charge on any atom is 0.264 e. The topological polar surface area (TPSA) is 125 Å². The van der Waals surface area contributed by atoms with Gasteiger partial charge in [-0.05, 0) is 36.0 Å². The molecule has 0 unspecified atom stereocenters. The summed E-state index contributed by atoms with van der Waals surface area (Å²) in [7, 11) is 0. The number of nitrogens with zero attached hydrogens (tertiary/aromatic N) is 4. The van der Waals surface area contributed by atoms with Gasteiger partial charge >= 0.3 is 0 Å². The van der Waals surface area contributed by atoms with Crippen molar-refractivity contribution in [2.75, 3.05) is 5.32 Å². The van der Waals surface area contributed by atoms with E-state index in [0.29, 0.717) is 26.4 Å². The van der Waals surface area contributed by atoms with Crippen LogP contribution in [0.25, 0.3) is 17.1 Å². The number of amides is 2. The molecule has 26 heavy (non-hydrogen) atoms. The van der Waals surface area contributed by atoms with Gasteiger partial charge in [0.2, 0.25) is 5.91 Å². The third-order valence-corrected chi connectivity index (χ3v) is 5.04. The Kier molecular flexibility index (Phi) is 4.22. The van der Waals surface area contributed by atoms with Gasteiger partial charge < -0.3 is 10.6 Å². The average molecular weight is 385 g/mol. The number of aromatic amines is 1. The summed E-state index contributed by atoms with van der Waals surface area (Å²) >= 11 is 2.52. The van der Waals surface area contributed by atoms with Gasteiger partial charge in [-0.3, -0.25) is 14.7 Å².